The first-order valence-corrected chi connectivity index (χ1v) is 8.35. The predicted octanol–water partition coefficient (Wildman–Crippen LogP) is 1.98. The first-order valence-electron chi connectivity index (χ1n) is 8.35. The van der Waals surface area contributed by atoms with E-state index in [9.17, 15) is 5.11 Å². The fourth-order valence-corrected chi connectivity index (χ4v) is 2.97. The van der Waals surface area contributed by atoms with Crippen molar-refractivity contribution in [2.24, 2.45) is 0 Å². The average Bonchev–Trinajstić information content (AvgIpc) is 2.91. The normalized spacial score (nSPS) is 12.3. The number of hydrogen-bond acceptors (Lipinski definition) is 4. The highest BCUT2D eigenvalue weighted by atomic mass is 16.5. The van der Waals surface area contributed by atoms with Gasteiger partial charge in [0.25, 0.3) is 0 Å². The molecule has 25 heavy (non-hydrogen) atoms. The van der Waals surface area contributed by atoms with Crippen molar-refractivity contribution in [3.63, 3.8) is 0 Å². The lowest BCUT2D eigenvalue weighted by atomic mass is 10.3. The molecule has 0 aliphatic carbocycles. The maximum Gasteiger partial charge on any atom is 0.356 e. The van der Waals surface area contributed by atoms with Crippen molar-refractivity contribution in [2.75, 3.05) is 19.5 Å². The van der Waals surface area contributed by atoms with Crippen molar-refractivity contribution in [2.45, 2.75) is 26.1 Å². The number of benzene rings is 2. The van der Waals surface area contributed by atoms with Crippen LogP contribution < -0.4 is 19.8 Å². The lowest BCUT2D eigenvalue weighted by Crippen LogP contribution is -2.43. The number of rotatable bonds is 7. The number of methoxy groups -OCH3 is 1. The Morgan fingerprint density at radius 2 is 1.80 bits per heavy atom. The second-order valence-electron chi connectivity index (χ2n) is 5.84. The summed E-state index contributed by atoms with van der Waals surface area (Å²) in [5.74, 6) is 2.09. The number of aliphatic hydroxyl groups is 1. The van der Waals surface area contributed by atoms with Crippen LogP contribution >= 0.6 is 0 Å². The minimum atomic E-state index is -0.675. The molecule has 3 aromatic rings. The van der Waals surface area contributed by atoms with Crippen LogP contribution in [0.2, 0.25) is 0 Å². The van der Waals surface area contributed by atoms with Crippen LogP contribution in [0.15, 0.2) is 48.5 Å². The molecule has 2 aromatic carbocycles. The number of aryl methyl sites for hydroxylation is 1. The Morgan fingerprint density at radius 3 is 2.48 bits per heavy atom. The first-order chi connectivity index (χ1) is 12.1. The molecule has 0 radical (unpaired) electrons. The van der Waals surface area contributed by atoms with Gasteiger partial charge in [-0.05, 0) is 43.3 Å². The number of nitrogen functional groups attached to an aromatic ring is 1. The maximum absolute atomic E-state index is 10.4. The van der Waals surface area contributed by atoms with Crippen molar-refractivity contribution in [1.29, 1.82) is 0 Å². The van der Waals surface area contributed by atoms with Crippen LogP contribution in [0.25, 0.3) is 11.0 Å². The van der Waals surface area contributed by atoms with E-state index < -0.39 is 6.10 Å². The highest BCUT2D eigenvalue weighted by Gasteiger charge is 2.22. The highest BCUT2D eigenvalue weighted by molar-refractivity contribution is 5.73. The van der Waals surface area contributed by atoms with Crippen LogP contribution in [-0.4, -0.2) is 29.5 Å². The molecule has 0 bridgehead atoms. The number of anilines is 1. The van der Waals surface area contributed by atoms with Crippen LogP contribution in [0.3, 0.4) is 0 Å². The molecule has 6 nitrogen and oxygen atoms in total. The number of aromatic nitrogens is 2. The Hall–Kier alpha value is -2.73. The minimum absolute atomic E-state index is 0.185. The van der Waals surface area contributed by atoms with Crippen molar-refractivity contribution >= 4 is 17.0 Å². The standard InChI is InChI=1S/C19H23N3O3/c1-3-21-17-6-4-5-7-18(17)22(19(21)20)12-14(23)13-25-16-10-8-15(24-2)9-11-16/h4-11,14,20,23H,3,12-13H2,1-2H3/p+1/t14-/m0/s1. The van der Waals surface area contributed by atoms with Gasteiger partial charge in [-0.1, -0.05) is 12.1 Å². The summed E-state index contributed by atoms with van der Waals surface area (Å²) in [5, 5.41) is 10.4. The molecule has 1 atom stereocenters. The Bertz CT molecular complexity index is 843. The van der Waals surface area contributed by atoms with Crippen LogP contribution in [0.1, 0.15) is 6.92 Å². The number of imidazole rings is 1. The molecule has 0 aliphatic rings. The van der Waals surface area contributed by atoms with Gasteiger partial charge in [-0.15, -0.1) is 0 Å². The zero-order valence-corrected chi connectivity index (χ0v) is 14.6. The third kappa shape index (κ3) is 3.53. The van der Waals surface area contributed by atoms with E-state index in [1.807, 2.05) is 57.7 Å². The summed E-state index contributed by atoms with van der Waals surface area (Å²) in [7, 11) is 1.62. The van der Waals surface area contributed by atoms with E-state index in [0.717, 1.165) is 23.3 Å². The Balaban J connectivity index is 1.71. The molecule has 3 N–H and O–H groups in total. The van der Waals surface area contributed by atoms with Gasteiger partial charge in [-0.25, -0.2) is 9.13 Å². The lowest BCUT2D eigenvalue weighted by molar-refractivity contribution is -0.665. The first kappa shape index (κ1) is 17.1. The molecule has 0 saturated heterocycles. The summed E-state index contributed by atoms with van der Waals surface area (Å²) in [4.78, 5) is 0. The van der Waals surface area contributed by atoms with Crippen LogP contribution in [0.5, 0.6) is 11.5 Å². The second kappa shape index (κ2) is 7.44. The number of fused-ring (bicyclic) bond motifs is 1. The third-order valence-corrected chi connectivity index (χ3v) is 4.23. The second-order valence-corrected chi connectivity index (χ2v) is 5.84. The minimum Gasteiger partial charge on any atom is -0.497 e. The fraction of sp³-hybridized carbons (Fsp3) is 0.316. The van der Waals surface area contributed by atoms with Gasteiger partial charge in [0, 0.05) is 0 Å². The van der Waals surface area contributed by atoms with E-state index in [2.05, 4.69) is 6.92 Å². The number of ether oxygens (including phenoxy) is 2. The van der Waals surface area contributed by atoms with E-state index in [1.165, 1.54) is 0 Å². The number of nitrogens with two attached hydrogens (primary N) is 1. The van der Waals surface area contributed by atoms with E-state index in [0.29, 0.717) is 18.2 Å². The van der Waals surface area contributed by atoms with Crippen LogP contribution in [0.4, 0.5) is 5.95 Å². The molecule has 0 unspecified atom stereocenters. The van der Waals surface area contributed by atoms with E-state index in [-0.39, 0.29) is 6.61 Å². The number of hydrogen-bond donors (Lipinski definition) is 2. The quantitative estimate of drug-likeness (QED) is 0.644. The van der Waals surface area contributed by atoms with Gasteiger partial charge < -0.3 is 14.6 Å². The zero-order chi connectivity index (χ0) is 17.8. The molecule has 0 saturated carbocycles. The molecule has 0 spiro atoms. The van der Waals surface area contributed by atoms with Gasteiger partial charge in [0.15, 0.2) is 0 Å². The smallest absolute Gasteiger partial charge is 0.356 e. The Morgan fingerprint density at radius 1 is 1.12 bits per heavy atom. The topological polar surface area (TPSA) is 73.5 Å². The Labute approximate surface area is 147 Å². The van der Waals surface area contributed by atoms with Crippen molar-refractivity contribution < 1.29 is 19.1 Å². The Kier molecular flexibility index (Phi) is 5.09. The average molecular weight is 342 g/mol. The fourth-order valence-electron chi connectivity index (χ4n) is 2.97. The lowest BCUT2D eigenvalue weighted by Gasteiger charge is -2.12. The number of nitrogens with zero attached hydrogens (tertiary/aromatic N) is 2. The van der Waals surface area contributed by atoms with Crippen LogP contribution in [0, 0.1) is 0 Å². The van der Waals surface area contributed by atoms with E-state index in [1.54, 1.807) is 7.11 Å². The maximum atomic E-state index is 10.4. The molecular formula is C19H24N3O3+. The number of para-hydroxylation sites is 2. The van der Waals surface area contributed by atoms with E-state index >= 15 is 0 Å². The van der Waals surface area contributed by atoms with Gasteiger partial charge in [0.2, 0.25) is 0 Å². The largest absolute Gasteiger partial charge is 0.497 e. The third-order valence-electron chi connectivity index (χ3n) is 4.23. The van der Waals surface area contributed by atoms with E-state index in [4.69, 9.17) is 15.2 Å². The van der Waals surface area contributed by atoms with Gasteiger partial charge in [-0.3, -0.25) is 5.73 Å². The van der Waals surface area contributed by atoms with Crippen molar-refractivity contribution in [3.05, 3.63) is 48.5 Å². The van der Waals surface area contributed by atoms with Gasteiger partial charge in [0.05, 0.1) is 13.7 Å². The summed E-state index contributed by atoms with van der Waals surface area (Å²) in [6.45, 7) is 3.38. The summed E-state index contributed by atoms with van der Waals surface area (Å²) in [6.07, 6.45) is -0.675. The van der Waals surface area contributed by atoms with Crippen molar-refractivity contribution in [1.82, 2.24) is 4.57 Å². The van der Waals surface area contributed by atoms with Crippen LogP contribution in [-0.2, 0) is 13.1 Å². The molecule has 0 aliphatic heterocycles. The highest BCUT2D eigenvalue weighted by Crippen LogP contribution is 2.18. The zero-order valence-electron chi connectivity index (χ0n) is 14.6. The van der Waals surface area contributed by atoms with Gasteiger partial charge in [-0.2, -0.15) is 0 Å². The van der Waals surface area contributed by atoms with Gasteiger partial charge >= 0.3 is 5.95 Å². The monoisotopic (exact) mass is 342 g/mol. The van der Waals surface area contributed by atoms with Gasteiger partial charge in [0.1, 0.15) is 41.8 Å². The molecule has 132 valence electrons. The molecule has 0 fully saturated rings. The summed E-state index contributed by atoms with van der Waals surface area (Å²) in [6, 6.07) is 15.3. The molecule has 1 aromatic heterocycles. The predicted molar refractivity (Wildman–Crippen MR) is 96.7 cm³/mol. The summed E-state index contributed by atoms with van der Waals surface area (Å²) < 4.78 is 14.7. The molecule has 1 heterocycles. The molecule has 0 amide bonds. The molecule has 6 heteroatoms. The number of aliphatic hydroxyl groups excluding tert-OH is 1. The van der Waals surface area contributed by atoms with Crippen molar-refractivity contribution in [3.8, 4) is 11.5 Å². The summed E-state index contributed by atoms with van der Waals surface area (Å²) in [5.41, 5.74) is 8.34. The SMILES string of the molecule is CCn1c(N)[n+](C[C@H](O)COc2ccc(OC)cc2)c2ccccc21. The molecular weight excluding hydrogens is 318 g/mol. The summed E-state index contributed by atoms with van der Waals surface area (Å²) >= 11 is 0. The molecule has 3 rings (SSSR count).